The molecule has 0 aliphatic carbocycles. The number of aliphatic hydroxyl groups excluding tert-OH is 1. The van der Waals surface area contributed by atoms with Gasteiger partial charge in [-0.25, -0.2) is 0 Å². The summed E-state index contributed by atoms with van der Waals surface area (Å²) in [6.45, 7) is 4.63. The van der Waals surface area contributed by atoms with Gasteiger partial charge in [0.25, 0.3) is 0 Å². The second-order valence-electron chi connectivity index (χ2n) is 4.98. The predicted molar refractivity (Wildman–Crippen MR) is 84.7 cm³/mol. The van der Waals surface area contributed by atoms with E-state index in [1.807, 2.05) is 38.1 Å². The van der Waals surface area contributed by atoms with E-state index in [4.69, 9.17) is 4.42 Å². The van der Waals surface area contributed by atoms with Gasteiger partial charge >= 0.3 is 0 Å². The van der Waals surface area contributed by atoms with Crippen LogP contribution in [0.15, 0.2) is 33.2 Å². The first-order valence-corrected chi connectivity index (χ1v) is 7.86. The van der Waals surface area contributed by atoms with Crippen molar-refractivity contribution in [2.24, 2.45) is 0 Å². The number of hydrogen-bond donors (Lipinski definition) is 2. The molecule has 1 heterocycles. The highest BCUT2D eigenvalue weighted by Gasteiger charge is 2.25. The van der Waals surface area contributed by atoms with Crippen LogP contribution in [-0.2, 0) is 6.54 Å². The number of benzene rings is 1. The first-order valence-electron chi connectivity index (χ1n) is 7.07. The smallest absolute Gasteiger partial charge is 0.248 e. The third-order valence-electron chi connectivity index (χ3n) is 3.84. The Morgan fingerprint density at radius 3 is 2.57 bits per heavy atom. The summed E-state index contributed by atoms with van der Waals surface area (Å²) in [5.41, 5.74) is 0.581. The van der Waals surface area contributed by atoms with E-state index < -0.39 is 0 Å². The minimum absolute atomic E-state index is 0.0885. The minimum Gasteiger partial charge on any atom is -0.419 e. The highest BCUT2D eigenvalue weighted by atomic mass is 79.9. The SMILES string of the molecule is CCC(CC)(CO)NCc1nnc(-c2ccccc2Br)o1. The molecule has 0 aliphatic rings. The molecule has 0 atom stereocenters. The van der Waals surface area contributed by atoms with E-state index in [9.17, 15) is 5.11 Å². The van der Waals surface area contributed by atoms with Crippen molar-refractivity contribution in [1.29, 1.82) is 0 Å². The number of aromatic nitrogens is 2. The number of rotatable bonds is 7. The standard InChI is InChI=1S/C15H20BrN3O2/c1-3-15(4-2,10-20)17-9-13-18-19-14(21-13)11-7-5-6-8-12(11)16/h5-8,17,20H,3-4,9-10H2,1-2H3. The topological polar surface area (TPSA) is 71.2 Å². The molecular weight excluding hydrogens is 334 g/mol. The van der Waals surface area contributed by atoms with Crippen LogP contribution in [0.1, 0.15) is 32.6 Å². The Kier molecular flexibility index (Phi) is 5.50. The number of aliphatic hydroxyl groups is 1. The van der Waals surface area contributed by atoms with E-state index in [0.29, 0.717) is 18.3 Å². The fraction of sp³-hybridized carbons (Fsp3) is 0.467. The van der Waals surface area contributed by atoms with Crippen molar-refractivity contribution in [3.05, 3.63) is 34.6 Å². The minimum atomic E-state index is -0.290. The molecule has 0 aliphatic heterocycles. The molecule has 0 bridgehead atoms. The Hall–Kier alpha value is -1.24. The maximum absolute atomic E-state index is 9.54. The lowest BCUT2D eigenvalue weighted by Gasteiger charge is -2.30. The second-order valence-corrected chi connectivity index (χ2v) is 5.83. The molecule has 0 fully saturated rings. The van der Waals surface area contributed by atoms with Crippen molar-refractivity contribution >= 4 is 15.9 Å². The number of nitrogens with one attached hydrogen (secondary N) is 1. The summed E-state index contributed by atoms with van der Waals surface area (Å²) in [5.74, 6) is 1.00. The summed E-state index contributed by atoms with van der Waals surface area (Å²) in [6.07, 6.45) is 1.68. The van der Waals surface area contributed by atoms with Gasteiger partial charge < -0.3 is 14.8 Å². The summed E-state index contributed by atoms with van der Waals surface area (Å²) in [5, 5.41) is 21.0. The van der Waals surface area contributed by atoms with Crippen LogP contribution < -0.4 is 5.32 Å². The van der Waals surface area contributed by atoms with E-state index in [1.165, 1.54) is 0 Å². The molecule has 6 heteroatoms. The molecule has 2 rings (SSSR count). The van der Waals surface area contributed by atoms with E-state index in [-0.39, 0.29) is 12.1 Å². The molecule has 5 nitrogen and oxygen atoms in total. The Morgan fingerprint density at radius 2 is 1.95 bits per heavy atom. The molecule has 0 amide bonds. The third kappa shape index (κ3) is 3.70. The molecule has 2 aromatic rings. The quantitative estimate of drug-likeness (QED) is 0.799. The highest BCUT2D eigenvalue weighted by molar-refractivity contribution is 9.10. The van der Waals surface area contributed by atoms with E-state index >= 15 is 0 Å². The predicted octanol–water partition coefficient (Wildman–Crippen LogP) is 3.14. The lowest BCUT2D eigenvalue weighted by molar-refractivity contribution is 0.146. The maximum Gasteiger partial charge on any atom is 0.248 e. The first kappa shape index (κ1) is 16.1. The van der Waals surface area contributed by atoms with E-state index in [2.05, 4.69) is 31.4 Å². The Morgan fingerprint density at radius 1 is 1.24 bits per heavy atom. The van der Waals surface area contributed by atoms with Gasteiger partial charge in [0.2, 0.25) is 11.8 Å². The molecule has 114 valence electrons. The molecule has 21 heavy (non-hydrogen) atoms. The van der Waals surface area contributed by atoms with Gasteiger partial charge in [0, 0.05) is 10.0 Å². The van der Waals surface area contributed by atoms with Gasteiger partial charge in [-0.1, -0.05) is 26.0 Å². The molecule has 1 aromatic carbocycles. The average Bonchev–Trinajstić information content (AvgIpc) is 2.98. The van der Waals surface area contributed by atoms with Crippen molar-refractivity contribution in [2.75, 3.05) is 6.61 Å². The zero-order chi connectivity index (χ0) is 15.3. The van der Waals surface area contributed by atoms with Crippen LogP contribution in [0.25, 0.3) is 11.5 Å². The van der Waals surface area contributed by atoms with Crippen LogP contribution >= 0.6 is 15.9 Å². The number of halogens is 1. The van der Waals surface area contributed by atoms with Crippen LogP contribution in [0.4, 0.5) is 0 Å². The Labute approximate surface area is 132 Å². The third-order valence-corrected chi connectivity index (χ3v) is 4.53. The van der Waals surface area contributed by atoms with Gasteiger partial charge in [0.15, 0.2) is 0 Å². The Bertz CT molecular complexity index is 574. The van der Waals surface area contributed by atoms with Crippen molar-refractivity contribution in [3.8, 4) is 11.5 Å². The zero-order valence-corrected chi connectivity index (χ0v) is 13.9. The van der Waals surface area contributed by atoms with Crippen LogP contribution in [0.2, 0.25) is 0 Å². The number of hydrogen-bond acceptors (Lipinski definition) is 5. The van der Waals surface area contributed by atoms with Crippen molar-refractivity contribution in [2.45, 2.75) is 38.8 Å². The van der Waals surface area contributed by atoms with E-state index in [1.54, 1.807) is 0 Å². The largest absolute Gasteiger partial charge is 0.419 e. The summed E-state index contributed by atoms with van der Waals surface area (Å²) in [6, 6.07) is 7.71. The molecule has 1 aromatic heterocycles. The van der Waals surface area contributed by atoms with E-state index in [0.717, 1.165) is 22.9 Å². The van der Waals surface area contributed by atoms with Gasteiger partial charge in [0.1, 0.15) is 0 Å². The lowest BCUT2D eigenvalue weighted by Crippen LogP contribution is -2.47. The van der Waals surface area contributed by atoms with Gasteiger partial charge in [-0.05, 0) is 40.9 Å². The number of nitrogens with zero attached hydrogens (tertiary/aromatic N) is 2. The van der Waals surface area contributed by atoms with Gasteiger partial charge in [-0.15, -0.1) is 10.2 Å². The molecule has 0 saturated carbocycles. The summed E-state index contributed by atoms with van der Waals surface area (Å²) < 4.78 is 6.60. The van der Waals surface area contributed by atoms with Crippen LogP contribution in [-0.4, -0.2) is 27.4 Å². The summed E-state index contributed by atoms with van der Waals surface area (Å²) in [4.78, 5) is 0. The van der Waals surface area contributed by atoms with Crippen molar-refractivity contribution in [3.63, 3.8) is 0 Å². The van der Waals surface area contributed by atoms with Crippen LogP contribution in [0.3, 0.4) is 0 Å². The molecule has 0 spiro atoms. The monoisotopic (exact) mass is 353 g/mol. The van der Waals surface area contributed by atoms with Crippen LogP contribution in [0.5, 0.6) is 0 Å². The molecule has 0 unspecified atom stereocenters. The summed E-state index contributed by atoms with van der Waals surface area (Å²) >= 11 is 3.47. The summed E-state index contributed by atoms with van der Waals surface area (Å²) in [7, 11) is 0. The lowest BCUT2D eigenvalue weighted by atomic mass is 9.94. The maximum atomic E-state index is 9.54. The highest BCUT2D eigenvalue weighted by Crippen LogP contribution is 2.26. The van der Waals surface area contributed by atoms with Gasteiger partial charge in [0.05, 0.1) is 18.7 Å². The molecule has 2 N–H and O–H groups in total. The normalized spacial score (nSPS) is 11.8. The fourth-order valence-electron chi connectivity index (χ4n) is 2.11. The van der Waals surface area contributed by atoms with Gasteiger partial charge in [-0.3, -0.25) is 0 Å². The Balaban J connectivity index is 2.09. The molecule has 0 saturated heterocycles. The van der Waals surface area contributed by atoms with Gasteiger partial charge in [-0.2, -0.15) is 0 Å². The van der Waals surface area contributed by atoms with Crippen LogP contribution in [0, 0.1) is 0 Å². The second kappa shape index (κ2) is 7.15. The molecule has 0 radical (unpaired) electrons. The first-order chi connectivity index (χ1) is 10.1. The van der Waals surface area contributed by atoms with Crippen molar-refractivity contribution in [1.82, 2.24) is 15.5 Å². The van der Waals surface area contributed by atoms with Crippen molar-refractivity contribution < 1.29 is 9.52 Å². The molecular formula is C15H20BrN3O2. The average molecular weight is 354 g/mol. The zero-order valence-electron chi connectivity index (χ0n) is 12.3. The fourth-order valence-corrected chi connectivity index (χ4v) is 2.57.